The number of rotatable bonds is 5. The maximum absolute atomic E-state index is 14.6. The van der Waals surface area contributed by atoms with Gasteiger partial charge in [-0.25, -0.2) is 4.39 Å². The number of nitrogens with one attached hydrogen (secondary N) is 1. The Balaban J connectivity index is 1.77. The van der Waals surface area contributed by atoms with Gasteiger partial charge < -0.3 is 9.73 Å². The monoisotopic (exact) mass is 373 g/mol. The topological polar surface area (TPSA) is 51.0 Å². The van der Waals surface area contributed by atoms with E-state index >= 15 is 0 Å². The minimum atomic E-state index is -0.605. The standard InChI is InChI=1S/C23H20FN3O/c1-15-12-13-16(2)20(14-15)25-21(18-10-6-7-11-19(18)24)23-27-26-22(28-23)17-8-4-3-5-9-17/h3-14,21,25H,1-2H3/t21-/m0/s1. The van der Waals surface area contributed by atoms with Crippen LogP contribution >= 0.6 is 0 Å². The molecule has 0 unspecified atom stereocenters. The Kier molecular flexibility index (Phi) is 4.89. The summed E-state index contributed by atoms with van der Waals surface area (Å²) in [5.74, 6) is 0.384. The van der Waals surface area contributed by atoms with Gasteiger partial charge in [0.1, 0.15) is 11.9 Å². The molecule has 1 heterocycles. The van der Waals surface area contributed by atoms with Gasteiger partial charge in [-0.15, -0.1) is 10.2 Å². The van der Waals surface area contributed by atoms with E-state index in [1.54, 1.807) is 18.2 Å². The molecule has 3 aromatic carbocycles. The van der Waals surface area contributed by atoms with E-state index in [0.29, 0.717) is 17.3 Å². The van der Waals surface area contributed by atoms with Gasteiger partial charge >= 0.3 is 0 Å². The molecule has 0 radical (unpaired) electrons. The van der Waals surface area contributed by atoms with Crippen LogP contribution in [0.1, 0.15) is 28.6 Å². The fraction of sp³-hybridized carbons (Fsp3) is 0.130. The van der Waals surface area contributed by atoms with Crippen LogP contribution in [0.4, 0.5) is 10.1 Å². The first-order chi connectivity index (χ1) is 13.6. The van der Waals surface area contributed by atoms with Gasteiger partial charge in [-0.05, 0) is 49.2 Å². The van der Waals surface area contributed by atoms with E-state index in [1.807, 2.05) is 62.4 Å². The molecule has 1 N–H and O–H groups in total. The smallest absolute Gasteiger partial charge is 0.247 e. The van der Waals surface area contributed by atoms with Crippen molar-refractivity contribution >= 4 is 5.69 Å². The highest BCUT2D eigenvalue weighted by Crippen LogP contribution is 2.31. The van der Waals surface area contributed by atoms with Crippen molar-refractivity contribution in [2.45, 2.75) is 19.9 Å². The number of anilines is 1. The predicted octanol–water partition coefficient (Wildman–Crippen LogP) is 5.69. The second-order valence-electron chi connectivity index (χ2n) is 6.73. The summed E-state index contributed by atoms with van der Waals surface area (Å²) >= 11 is 0. The quantitative estimate of drug-likeness (QED) is 0.488. The van der Waals surface area contributed by atoms with Crippen molar-refractivity contribution in [3.8, 4) is 11.5 Å². The fourth-order valence-corrected chi connectivity index (χ4v) is 3.08. The molecule has 0 aliphatic heterocycles. The molecule has 0 saturated heterocycles. The molecule has 0 amide bonds. The molecule has 0 aliphatic carbocycles. The fourth-order valence-electron chi connectivity index (χ4n) is 3.08. The first-order valence-electron chi connectivity index (χ1n) is 9.09. The Labute approximate surface area is 163 Å². The molecule has 0 saturated carbocycles. The van der Waals surface area contributed by atoms with Crippen LogP contribution < -0.4 is 5.32 Å². The molecular weight excluding hydrogens is 353 g/mol. The lowest BCUT2D eigenvalue weighted by atomic mass is 10.0. The lowest BCUT2D eigenvalue weighted by molar-refractivity contribution is 0.485. The van der Waals surface area contributed by atoms with Crippen molar-refractivity contribution in [1.82, 2.24) is 10.2 Å². The SMILES string of the molecule is Cc1ccc(C)c(N[C@H](c2nnc(-c3ccccc3)o2)c2ccccc2F)c1. The molecule has 1 aromatic heterocycles. The lowest BCUT2D eigenvalue weighted by Gasteiger charge is -2.19. The molecular formula is C23H20FN3O. The zero-order chi connectivity index (χ0) is 19.5. The molecule has 0 fully saturated rings. The highest BCUT2D eigenvalue weighted by Gasteiger charge is 2.24. The first-order valence-corrected chi connectivity index (χ1v) is 9.09. The predicted molar refractivity (Wildman–Crippen MR) is 108 cm³/mol. The third-order valence-corrected chi connectivity index (χ3v) is 4.62. The molecule has 0 aliphatic rings. The van der Waals surface area contributed by atoms with Gasteiger partial charge in [-0.3, -0.25) is 0 Å². The minimum Gasteiger partial charge on any atom is -0.418 e. The van der Waals surface area contributed by atoms with Crippen molar-refractivity contribution in [1.29, 1.82) is 0 Å². The number of benzene rings is 3. The minimum absolute atomic E-state index is 0.310. The van der Waals surface area contributed by atoms with Crippen LogP contribution in [0, 0.1) is 19.7 Å². The van der Waals surface area contributed by atoms with Gasteiger partial charge in [0.15, 0.2) is 0 Å². The summed E-state index contributed by atoms with van der Waals surface area (Å²) in [6.45, 7) is 4.02. The maximum Gasteiger partial charge on any atom is 0.247 e. The summed E-state index contributed by atoms with van der Waals surface area (Å²) in [7, 11) is 0. The van der Waals surface area contributed by atoms with Gasteiger partial charge in [-0.2, -0.15) is 0 Å². The highest BCUT2D eigenvalue weighted by molar-refractivity contribution is 5.56. The summed E-state index contributed by atoms with van der Waals surface area (Å²) in [5, 5.41) is 11.8. The Hall–Kier alpha value is -3.47. The van der Waals surface area contributed by atoms with E-state index in [4.69, 9.17) is 4.42 Å². The molecule has 4 nitrogen and oxygen atoms in total. The van der Waals surface area contributed by atoms with Gasteiger partial charge in [0.05, 0.1) is 0 Å². The largest absolute Gasteiger partial charge is 0.418 e. The van der Waals surface area contributed by atoms with Crippen LogP contribution in [0.5, 0.6) is 0 Å². The molecule has 0 bridgehead atoms. The normalized spacial score (nSPS) is 12.0. The number of aryl methyl sites for hydroxylation is 2. The molecule has 4 aromatic rings. The Bertz CT molecular complexity index is 1090. The van der Waals surface area contributed by atoms with Crippen LogP contribution in [0.3, 0.4) is 0 Å². The molecule has 0 spiro atoms. The number of nitrogens with zero attached hydrogens (tertiary/aromatic N) is 2. The van der Waals surface area contributed by atoms with E-state index < -0.39 is 6.04 Å². The third-order valence-electron chi connectivity index (χ3n) is 4.62. The van der Waals surface area contributed by atoms with E-state index in [-0.39, 0.29) is 5.82 Å². The summed E-state index contributed by atoms with van der Waals surface area (Å²) in [4.78, 5) is 0. The number of aromatic nitrogens is 2. The van der Waals surface area contributed by atoms with Crippen molar-refractivity contribution < 1.29 is 8.81 Å². The van der Waals surface area contributed by atoms with Crippen LogP contribution in [0.25, 0.3) is 11.5 Å². The van der Waals surface area contributed by atoms with Crippen LogP contribution in [0.2, 0.25) is 0 Å². The van der Waals surface area contributed by atoms with Gasteiger partial charge in [0, 0.05) is 16.8 Å². The zero-order valence-corrected chi connectivity index (χ0v) is 15.7. The molecule has 28 heavy (non-hydrogen) atoms. The van der Waals surface area contributed by atoms with Crippen molar-refractivity contribution in [2.75, 3.05) is 5.32 Å². The first kappa shape index (κ1) is 17.9. The van der Waals surface area contributed by atoms with Gasteiger partial charge in [0.25, 0.3) is 0 Å². The number of hydrogen-bond acceptors (Lipinski definition) is 4. The average Bonchev–Trinajstić information content (AvgIpc) is 3.20. The van der Waals surface area contributed by atoms with E-state index in [9.17, 15) is 4.39 Å². The summed E-state index contributed by atoms with van der Waals surface area (Å²) in [6, 6.07) is 21.6. The van der Waals surface area contributed by atoms with E-state index in [0.717, 1.165) is 22.4 Å². The lowest BCUT2D eigenvalue weighted by Crippen LogP contribution is -2.15. The van der Waals surface area contributed by atoms with Crippen molar-refractivity contribution in [3.63, 3.8) is 0 Å². The molecule has 140 valence electrons. The van der Waals surface area contributed by atoms with Gasteiger partial charge in [-0.1, -0.05) is 48.5 Å². The van der Waals surface area contributed by atoms with E-state index in [2.05, 4.69) is 15.5 Å². The number of halogens is 1. The van der Waals surface area contributed by atoms with Gasteiger partial charge in [0.2, 0.25) is 11.8 Å². The third kappa shape index (κ3) is 3.64. The number of hydrogen-bond donors (Lipinski definition) is 1. The zero-order valence-electron chi connectivity index (χ0n) is 15.7. The second kappa shape index (κ2) is 7.64. The van der Waals surface area contributed by atoms with E-state index in [1.165, 1.54) is 6.07 Å². The highest BCUT2D eigenvalue weighted by atomic mass is 19.1. The Morgan fingerprint density at radius 2 is 1.64 bits per heavy atom. The average molecular weight is 373 g/mol. The molecule has 5 heteroatoms. The Morgan fingerprint density at radius 1 is 0.893 bits per heavy atom. The van der Waals surface area contributed by atoms with Crippen LogP contribution in [-0.4, -0.2) is 10.2 Å². The summed E-state index contributed by atoms with van der Waals surface area (Å²) in [5.41, 5.74) is 4.32. The van der Waals surface area contributed by atoms with Crippen LogP contribution in [-0.2, 0) is 0 Å². The van der Waals surface area contributed by atoms with Crippen molar-refractivity contribution in [2.24, 2.45) is 0 Å². The molecule has 1 atom stereocenters. The summed E-state index contributed by atoms with van der Waals surface area (Å²) in [6.07, 6.45) is 0. The maximum atomic E-state index is 14.6. The summed E-state index contributed by atoms with van der Waals surface area (Å²) < 4.78 is 20.5. The van der Waals surface area contributed by atoms with Crippen LogP contribution in [0.15, 0.2) is 77.2 Å². The molecule has 4 rings (SSSR count). The van der Waals surface area contributed by atoms with Crippen molar-refractivity contribution in [3.05, 3.63) is 101 Å². The second-order valence-corrected chi connectivity index (χ2v) is 6.73. The Morgan fingerprint density at radius 3 is 2.43 bits per heavy atom.